The fraction of sp³-hybridized carbons (Fsp3) is 0. The molecule has 8 aromatic heterocycles. The summed E-state index contributed by atoms with van der Waals surface area (Å²) in [4.78, 5) is 32.6. The SMILES string of the molecule is [Cl][Pt+].[Na+].[Pt+2].[c-]1c(-c2ccccn2)cncc1-c1ccccn1.[c-]1c(-c2ccccn2)cncc1-c1ccccn1.c1nc[n-]n1.c1nc[n-]n1. The second-order valence-electron chi connectivity index (χ2n) is 8.80. The maximum atomic E-state index is 4.61. The summed E-state index contributed by atoms with van der Waals surface area (Å²) in [7, 11) is 4.61. The van der Waals surface area contributed by atoms with E-state index in [0.29, 0.717) is 0 Å². The first-order chi connectivity index (χ1) is 23.9. The maximum Gasteiger partial charge on any atom is 2.00 e. The van der Waals surface area contributed by atoms with Crippen molar-refractivity contribution in [2.45, 2.75) is 0 Å². The van der Waals surface area contributed by atoms with Crippen LogP contribution in [0.25, 0.3) is 45.0 Å². The molecule has 8 heterocycles. The molecule has 0 fully saturated rings. The average Bonchev–Trinajstić information content (AvgIpc) is 3.99. The van der Waals surface area contributed by atoms with Gasteiger partial charge in [-0.05, 0) is 49.1 Å². The molecule has 0 unspecified atom stereocenters. The van der Waals surface area contributed by atoms with Crippen molar-refractivity contribution in [1.82, 2.24) is 60.3 Å². The molecule has 0 radical (unpaired) electrons. The van der Waals surface area contributed by atoms with Gasteiger partial charge in [0.25, 0.3) is 0 Å². The van der Waals surface area contributed by atoms with Gasteiger partial charge in [-0.1, -0.05) is 83.4 Å². The number of halogens is 1. The molecule has 0 aliphatic rings. The van der Waals surface area contributed by atoms with Crippen LogP contribution in [0.4, 0.5) is 0 Å². The van der Waals surface area contributed by atoms with Gasteiger partial charge in [-0.2, -0.15) is 0 Å². The summed E-state index contributed by atoms with van der Waals surface area (Å²) >= 11 is 1.61. The quantitative estimate of drug-likeness (QED) is 0.188. The van der Waals surface area contributed by atoms with Crippen LogP contribution in [0.2, 0.25) is 0 Å². The number of hydrogen-bond acceptors (Lipinski definition) is 10. The van der Waals surface area contributed by atoms with Crippen molar-refractivity contribution in [2.24, 2.45) is 0 Å². The summed E-state index contributed by atoms with van der Waals surface area (Å²) in [6.07, 6.45) is 19.6. The van der Waals surface area contributed by atoms with E-state index in [2.05, 4.69) is 81.8 Å². The minimum atomic E-state index is 0. The number of nitrogens with zero attached hydrogens (tertiary/aromatic N) is 12. The summed E-state index contributed by atoms with van der Waals surface area (Å²) in [5, 5.41) is 13.4. The third-order valence-electron chi connectivity index (χ3n) is 5.72. The number of hydrogen-bond donors (Lipinski definition) is 0. The van der Waals surface area contributed by atoms with Crippen molar-refractivity contribution < 1.29 is 69.4 Å². The molecule has 0 aliphatic carbocycles. The van der Waals surface area contributed by atoms with E-state index in [-0.39, 0.29) is 50.6 Å². The van der Waals surface area contributed by atoms with Crippen LogP contribution in [0.5, 0.6) is 0 Å². The number of pyridine rings is 6. The Labute approximate surface area is 340 Å². The summed E-state index contributed by atoms with van der Waals surface area (Å²) < 4.78 is 0. The predicted octanol–water partition coefficient (Wildman–Crippen LogP) is 2.57. The molecular formula is C34H24ClN12NaPt2. The molecule has 0 saturated heterocycles. The second-order valence-corrected chi connectivity index (χ2v) is 8.80. The summed E-state index contributed by atoms with van der Waals surface area (Å²) in [6.45, 7) is 0. The Kier molecular flexibility index (Phi) is 21.7. The van der Waals surface area contributed by atoms with Crippen molar-refractivity contribution in [2.75, 3.05) is 0 Å². The summed E-state index contributed by atoms with van der Waals surface area (Å²) in [6, 6.07) is 29.7. The predicted molar refractivity (Wildman–Crippen MR) is 176 cm³/mol. The molecular weight excluding hydrogens is 1030 g/mol. The Morgan fingerprint density at radius 2 is 0.760 bits per heavy atom. The van der Waals surface area contributed by atoms with Gasteiger partial charge in [0.05, 0.1) is 0 Å². The standard InChI is InChI=1S/2C15H10N3.2C2H2N3.ClH.Na.2Pt/c2*1-3-7-17-14(5-1)12-9-13(11-16-10-12)15-6-2-4-8-18-15;2*1-3-2-5-4-1;;;;/h2*1-8,10-11H;2*1-2H;1H;;;/q4*-1;;+1;2*+2/p-1. The van der Waals surface area contributed by atoms with E-state index in [9.17, 15) is 0 Å². The van der Waals surface area contributed by atoms with Crippen LogP contribution in [-0.4, -0.2) is 50.1 Å². The van der Waals surface area contributed by atoms with Gasteiger partial charge in [-0.3, -0.25) is 30.1 Å². The molecule has 8 rings (SSSR count). The fourth-order valence-corrected chi connectivity index (χ4v) is 3.70. The largest absolute Gasteiger partial charge is 2.00 e. The number of rotatable bonds is 4. The molecule has 12 nitrogen and oxygen atoms in total. The molecule has 0 atom stereocenters. The van der Waals surface area contributed by atoms with Gasteiger partial charge in [0, 0.05) is 60.2 Å². The van der Waals surface area contributed by atoms with Crippen LogP contribution in [0.3, 0.4) is 0 Å². The van der Waals surface area contributed by atoms with E-state index in [4.69, 9.17) is 0 Å². The molecule has 50 heavy (non-hydrogen) atoms. The molecule has 0 bridgehead atoms. The van der Waals surface area contributed by atoms with Crippen molar-refractivity contribution in [1.29, 1.82) is 0 Å². The van der Waals surface area contributed by atoms with E-state index in [0.717, 1.165) is 45.0 Å². The molecule has 248 valence electrons. The van der Waals surface area contributed by atoms with E-state index in [1.165, 1.54) is 25.3 Å². The van der Waals surface area contributed by atoms with E-state index in [1.807, 2.05) is 72.8 Å². The first kappa shape index (κ1) is 42.0. The average molecular weight is 1050 g/mol. The molecule has 0 aromatic carbocycles. The Balaban J connectivity index is 0.000000254. The van der Waals surface area contributed by atoms with Crippen LogP contribution >= 0.6 is 9.42 Å². The molecule has 16 heteroatoms. The molecule has 8 aromatic rings. The van der Waals surface area contributed by atoms with Gasteiger partial charge in [0.1, 0.15) is 0 Å². The minimum absolute atomic E-state index is 0. The minimum Gasteiger partial charge on any atom is -0.432 e. The van der Waals surface area contributed by atoms with Crippen molar-refractivity contribution in [3.05, 3.63) is 160 Å². The van der Waals surface area contributed by atoms with Crippen LogP contribution in [0, 0.1) is 12.1 Å². The van der Waals surface area contributed by atoms with Gasteiger partial charge in [0.15, 0.2) is 0 Å². The first-order valence-electron chi connectivity index (χ1n) is 13.9. The Hall–Kier alpha value is -4.15. The van der Waals surface area contributed by atoms with E-state index >= 15 is 0 Å². The monoisotopic (exact) mass is 1050 g/mol. The van der Waals surface area contributed by atoms with Gasteiger partial charge in [-0.25, -0.2) is 0 Å². The van der Waals surface area contributed by atoms with Crippen molar-refractivity contribution in [3.63, 3.8) is 0 Å². The van der Waals surface area contributed by atoms with Crippen molar-refractivity contribution in [3.8, 4) is 45.0 Å². The zero-order valence-electron chi connectivity index (χ0n) is 26.2. The Morgan fingerprint density at radius 3 is 0.940 bits per heavy atom. The molecule has 0 amide bonds. The zero-order valence-corrected chi connectivity index (χ0v) is 33.5. The molecule has 0 spiro atoms. The van der Waals surface area contributed by atoms with E-state index < -0.39 is 0 Å². The normalized spacial score (nSPS) is 9.10. The zero-order chi connectivity index (χ0) is 33.5. The Bertz CT molecular complexity index is 1660. The third-order valence-corrected chi connectivity index (χ3v) is 5.72. The topological polar surface area (TPSA) is 157 Å². The number of aromatic nitrogens is 12. The van der Waals surface area contributed by atoms with Gasteiger partial charge >= 0.3 is 78.8 Å². The maximum absolute atomic E-state index is 4.61. The van der Waals surface area contributed by atoms with Gasteiger partial charge < -0.3 is 30.1 Å². The van der Waals surface area contributed by atoms with Gasteiger partial charge in [-0.15, -0.1) is 12.1 Å². The van der Waals surface area contributed by atoms with Crippen LogP contribution < -0.4 is 39.8 Å². The third kappa shape index (κ3) is 14.8. The van der Waals surface area contributed by atoms with E-state index in [1.54, 1.807) is 68.3 Å². The first-order valence-corrected chi connectivity index (χ1v) is 16.7. The van der Waals surface area contributed by atoms with Crippen LogP contribution in [0.15, 0.2) is 148 Å². The fourth-order valence-electron chi connectivity index (χ4n) is 3.70. The molecule has 0 saturated carbocycles. The second kappa shape index (κ2) is 25.8. The molecule has 0 aliphatic heterocycles. The van der Waals surface area contributed by atoms with Crippen LogP contribution in [0.1, 0.15) is 0 Å². The smallest absolute Gasteiger partial charge is 0.432 e. The molecule has 0 N–H and O–H groups in total. The summed E-state index contributed by atoms with van der Waals surface area (Å²) in [5.74, 6) is 0. The Morgan fingerprint density at radius 1 is 0.460 bits per heavy atom. The van der Waals surface area contributed by atoms with Crippen LogP contribution in [-0.2, 0) is 39.8 Å². The van der Waals surface area contributed by atoms with Gasteiger partial charge in [0.2, 0.25) is 0 Å². The summed E-state index contributed by atoms with van der Waals surface area (Å²) in [5.41, 5.74) is 6.95. The van der Waals surface area contributed by atoms with Crippen molar-refractivity contribution >= 4 is 9.42 Å².